The summed E-state index contributed by atoms with van der Waals surface area (Å²) in [6, 6.07) is 4.31. The van der Waals surface area contributed by atoms with Gasteiger partial charge in [-0.3, -0.25) is 4.79 Å². The highest BCUT2D eigenvalue weighted by Crippen LogP contribution is 2.22. The Morgan fingerprint density at radius 1 is 1.53 bits per heavy atom. The molecule has 0 unspecified atom stereocenters. The van der Waals surface area contributed by atoms with E-state index >= 15 is 0 Å². The smallest absolute Gasteiger partial charge is 0.225 e. The number of amides is 1. The second kappa shape index (κ2) is 6.20. The third kappa shape index (κ3) is 4.40. The fourth-order valence-electron chi connectivity index (χ4n) is 1.28. The zero-order valence-corrected chi connectivity index (χ0v) is 10.00. The van der Waals surface area contributed by atoms with Crippen molar-refractivity contribution in [1.29, 1.82) is 0 Å². The number of carbonyl (C=O) groups is 1. The highest BCUT2D eigenvalue weighted by atomic mass is 19.1. The maximum Gasteiger partial charge on any atom is 0.225 e. The standard InChI is InChI=1S/C12H17FN2O2/c1-8(2)17-11-4-3-9(7-10(11)13)15-12(16)5-6-14/h3-4,7-8H,5-6,14H2,1-2H3,(H,15,16). The normalized spacial score (nSPS) is 10.4. The molecule has 1 aromatic rings. The van der Waals surface area contributed by atoms with Crippen LogP contribution in [0.1, 0.15) is 20.3 Å². The van der Waals surface area contributed by atoms with E-state index in [0.717, 1.165) is 0 Å². The van der Waals surface area contributed by atoms with E-state index in [4.69, 9.17) is 10.5 Å². The van der Waals surface area contributed by atoms with Crippen molar-refractivity contribution in [1.82, 2.24) is 0 Å². The molecule has 3 N–H and O–H groups in total. The third-order valence-electron chi connectivity index (χ3n) is 1.95. The average molecular weight is 240 g/mol. The minimum Gasteiger partial charge on any atom is -0.488 e. The number of rotatable bonds is 5. The SMILES string of the molecule is CC(C)Oc1ccc(NC(=O)CCN)cc1F. The Labute approximate surface area is 100.0 Å². The van der Waals surface area contributed by atoms with Gasteiger partial charge < -0.3 is 15.8 Å². The van der Waals surface area contributed by atoms with Crippen molar-refractivity contribution in [3.63, 3.8) is 0 Å². The van der Waals surface area contributed by atoms with Crippen LogP contribution in [0.2, 0.25) is 0 Å². The van der Waals surface area contributed by atoms with Gasteiger partial charge in [0.25, 0.3) is 0 Å². The zero-order chi connectivity index (χ0) is 12.8. The van der Waals surface area contributed by atoms with Gasteiger partial charge in [0.05, 0.1) is 6.10 Å². The quantitative estimate of drug-likeness (QED) is 0.826. The van der Waals surface area contributed by atoms with Crippen LogP contribution < -0.4 is 15.8 Å². The number of carbonyl (C=O) groups excluding carboxylic acids is 1. The largest absolute Gasteiger partial charge is 0.488 e. The molecule has 0 saturated heterocycles. The van der Waals surface area contributed by atoms with Gasteiger partial charge in [-0.25, -0.2) is 4.39 Å². The van der Waals surface area contributed by atoms with Gasteiger partial charge in [-0.1, -0.05) is 0 Å². The molecule has 0 aromatic heterocycles. The summed E-state index contributed by atoms with van der Waals surface area (Å²) in [6.45, 7) is 3.90. The number of hydrogen-bond donors (Lipinski definition) is 2. The molecule has 0 fully saturated rings. The Kier molecular flexibility index (Phi) is 4.90. The number of nitrogens with one attached hydrogen (secondary N) is 1. The summed E-state index contributed by atoms with van der Waals surface area (Å²) < 4.78 is 18.8. The van der Waals surface area contributed by atoms with Crippen LogP contribution in [0.4, 0.5) is 10.1 Å². The number of halogens is 1. The monoisotopic (exact) mass is 240 g/mol. The van der Waals surface area contributed by atoms with Gasteiger partial charge in [0.15, 0.2) is 11.6 Å². The molecule has 0 radical (unpaired) electrons. The Hall–Kier alpha value is -1.62. The van der Waals surface area contributed by atoms with E-state index in [9.17, 15) is 9.18 Å². The first-order valence-electron chi connectivity index (χ1n) is 5.49. The van der Waals surface area contributed by atoms with Gasteiger partial charge in [-0.2, -0.15) is 0 Å². The fraction of sp³-hybridized carbons (Fsp3) is 0.417. The summed E-state index contributed by atoms with van der Waals surface area (Å²) in [7, 11) is 0. The van der Waals surface area contributed by atoms with E-state index in [1.54, 1.807) is 6.07 Å². The molecule has 0 saturated carbocycles. The minimum absolute atomic E-state index is 0.0952. The maximum absolute atomic E-state index is 13.5. The summed E-state index contributed by atoms with van der Waals surface area (Å²) in [5, 5.41) is 2.55. The molecule has 0 spiro atoms. The highest BCUT2D eigenvalue weighted by molar-refractivity contribution is 5.90. The number of ether oxygens (including phenoxy) is 1. The van der Waals surface area contributed by atoms with E-state index < -0.39 is 5.82 Å². The van der Waals surface area contributed by atoms with Gasteiger partial charge in [-0.05, 0) is 26.0 Å². The molecule has 17 heavy (non-hydrogen) atoms. The van der Waals surface area contributed by atoms with Crippen LogP contribution in [-0.4, -0.2) is 18.6 Å². The summed E-state index contributed by atoms with van der Waals surface area (Å²) in [6.07, 6.45) is 0.119. The molecule has 4 nitrogen and oxygen atoms in total. The Morgan fingerprint density at radius 2 is 2.24 bits per heavy atom. The van der Waals surface area contributed by atoms with Gasteiger partial charge in [0.1, 0.15) is 0 Å². The number of anilines is 1. The second-order valence-corrected chi connectivity index (χ2v) is 3.90. The molecule has 0 heterocycles. The van der Waals surface area contributed by atoms with Crippen LogP contribution in [0.3, 0.4) is 0 Å². The van der Waals surface area contributed by atoms with Crippen LogP contribution in [0.15, 0.2) is 18.2 Å². The minimum atomic E-state index is -0.496. The summed E-state index contributed by atoms with van der Waals surface area (Å²) in [4.78, 5) is 11.2. The Balaban J connectivity index is 2.71. The molecule has 0 aliphatic heterocycles. The van der Waals surface area contributed by atoms with Crippen LogP contribution in [0, 0.1) is 5.82 Å². The fourth-order valence-corrected chi connectivity index (χ4v) is 1.28. The zero-order valence-electron chi connectivity index (χ0n) is 10.00. The Morgan fingerprint density at radius 3 is 2.76 bits per heavy atom. The van der Waals surface area contributed by atoms with E-state index in [2.05, 4.69) is 5.32 Å². The molecule has 0 bridgehead atoms. The van der Waals surface area contributed by atoms with Crippen molar-refractivity contribution in [3.8, 4) is 5.75 Å². The number of hydrogen-bond acceptors (Lipinski definition) is 3. The van der Waals surface area contributed by atoms with Crippen molar-refractivity contribution in [2.45, 2.75) is 26.4 Å². The van der Waals surface area contributed by atoms with Crippen molar-refractivity contribution in [3.05, 3.63) is 24.0 Å². The first-order chi connectivity index (χ1) is 8.02. The lowest BCUT2D eigenvalue weighted by Crippen LogP contribution is -2.16. The third-order valence-corrected chi connectivity index (χ3v) is 1.95. The Bertz CT molecular complexity index is 394. The molecule has 1 aromatic carbocycles. The van der Waals surface area contributed by atoms with Crippen molar-refractivity contribution < 1.29 is 13.9 Å². The molecule has 1 rings (SSSR count). The molecule has 0 aliphatic carbocycles. The van der Waals surface area contributed by atoms with Crippen molar-refractivity contribution in [2.24, 2.45) is 5.73 Å². The first-order valence-corrected chi connectivity index (χ1v) is 5.49. The highest BCUT2D eigenvalue weighted by Gasteiger charge is 2.08. The lowest BCUT2D eigenvalue weighted by molar-refractivity contribution is -0.116. The molecule has 1 amide bonds. The molecule has 0 atom stereocenters. The van der Waals surface area contributed by atoms with Crippen LogP contribution in [0.5, 0.6) is 5.75 Å². The summed E-state index contributed by atoms with van der Waals surface area (Å²) >= 11 is 0. The molecular weight excluding hydrogens is 223 g/mol. The summed E-state index contributed by atoms with van der Waals surface area (Å²) in [5.41, 5.74) is 5.64. The number of nitrogens with two attached hydrogens (primary N) is 1. The van der Waals surface area contributed by atoms with Gasteiger partial charge in [0.2, 0.25) is 5.91 Å². The maximum atomic E-state index is 13.5. The molecule has 5 heteroatoms. The summed E-state index contributed by atoms with van der Waals surface area (Å²) in [5.74, 6) is -0.550. The lowest BCUT2D eigenvalue weighted by Gasteiger charge is -2.11. The van der Waals surface area contributed by atoms with Gasteiger partial charge in [-0.15, -0.1) is 0 Å². The average Bonchev–Trinajstić information content (AvgIpc) is 2.22. The molecular formula is C12H17FN2O2. The topological polar surface area (TPSA) is 64.3 Å². The van der Waals surface area contributed by atoms with Gasteiger partial charge >= 0.3 is 0 Å². The van der Waals surface area contributed by atoms with Crippen molar-refractivity contribution in [2.75, 3.05) is 11.9 Å². The van der Waals surface area contributed by atoms with Crippen LogP contribution in [0.25, 0.3) is 0 Å². The predicted molar refractivity (Wildman–Crippen MR) is 64.5 cm³/mol. The predicted octanol–water partition coefficient (Wildman–Crippen LogP) is 1.90. The van der Waals surface area contributed by atoms with Crippen molar-refractivity contribution >= 4 is 11.6 Å². The second-order valence-electron chi connectivity index (χ2n) is 3.90. The van der Waals surface area contributed by atoms with E-state index in [1.807, 2.05) is 13.8 Å². The van der Waals surface area contributed by atoms with Crippen LogP contribution in [-0.2, 0) is 4.79 Å². The van der Waals surface area contributed by atoms with E-state index in [-0.39, 0.29) is 30.7 Å². The first kappa shape index (κ1) is 13.4. The van der Waals surface area contributed by atoms with Crippen LogP contribution >= 0.6 is 0 Å². The van der Waals surface area contributed by atoms with Gasteiger partial charge in [0, 0.05) is 24.7 Å². The number of benzene rings is 1. The van der Waals surface area contributed by atoms with E-state index in [0.29, 0.717) is 5.69 Å². The molecule has 94 valence electrons. The molecule has 0 aliphatic rings. The lowest BCUT2D eigenvalue weighted by atomic mass is 10.2. The van der Waals surface area contributed by atoms with E-state index in [1.165, 1.54) is 12.1 Å².